The molecule has 0 aliphatic carbocycles. The van der Waals surface area contributed by atoms with Crippen molar-refractivity contribution >= 4 is 32.9 Å². The van der Waals surface area contributed by atoms with E-state index in [-0.39, 0.29) is 9.21 Å². The predicted octanol–water partition coefficient (Wildman–Crippen LogP) is 0.0444. The van der Waals surface area contributed by atoms with Crippen LogP contribution >= 0.6 is 11.8 Å². The Bertz CT molecular complexity index is 438. The van der Waals surface area contributed by atoms with Gasteiger partial charge in [0, 0.05) is 20.3 Å². The summed E-state index contributed by atoms with van der Waals surface area (Å²) in [6.07, 6.45) is 2.23. The average Bonchev–Trinajstić information content (AvgIpc) is 2.23. The molecule has 2 amide bonds. The van der Waals surface area contributed by atoms with Crippen LogP contribution in [0.4, 0.5) is 4.79 Å². The number of thioether (sulfide) groups is 1. The second-order valence-corrected chi connectivity index (χ2v) is 5.98. The normalized spacial score (nSPS) is 20.2. The summed E-state index contributed by atoms with van der Waals surface area (Å²) in [6, 6.07) is 0. The Kier molecular flexibility index (Phi) is 3.10. The number of carbonyl (C=O) groups is 2. The number of imide groups is 1. The van der Waals surface area contributed by atoms with Crippen LogP contribution in [-0.4, -0.2) is 49.1 Å². The van der Waals surface area contributed by atoms with Gasteiger partial charge in [-0.1, -0.05) is 0 Å². The van der Waals surface area contributed by atoms with E-state index in [0.29, 0.717) is 11.8 Å². The maximum atomic E-state index is 11.5. The number of nitrogens with zero attached hydrogens (tertiary/aromatic N) is 2. The van der Waals surface area contributed by atoms with Gasteiger partial charge >= 0.3 is 5.24 Å². The highest BCUT2D eigenvalue weighted by Gasteiger charge is 2.41. The largest absolute Gasteiger partial charge is 0.382 e. The van der Waals surface area contributed by atoms with Crippen LogP contribution in [0.5, 0.6) is 0 Å². The van der Waals surface area contributed by atoms with Gasteiger partial charge in [0.25, 0.3) is 5.91 Å². The Balaban J connectivity index is 3.10. The van der Waals surface area contributed by atoms with Gasteiger partial charge in [0.15, 0.2) is 0 Å². The van der Waals surface area contributed by atoms with Crippen LogP contribution < -0.4 is 0 Å². The average molecular weight is 250 g/mol. The molecule has 1 fully saturated rings. The molecule has 0 saturated carbocycles. The van der Waals surface area contributed by atoms with Crippen molar-refractivity contribution in [1.82, 2.24) is 9.21 Å². The lowest BCUT2D eigenvalue weighted by Gasteiger charge is -2.08. The summed E-state index contributed by atoms with van der Waals surface area (Å²) < 4.78 is 22.5. The first kappa shape index (κ1) is 12.1. The van der Waals surface area contributed by atoms with E-state index in [1.807, 2.05) is 0 Å². The van der Waals surface area contributed by atoms with E-state index in [4.69, 9.17) is 0 Å². The molecule has 1 aliphatic rings. The van der Waals surface area contributed by atoms with Gasteiger partial charge in [-0.25, -0.2) is 8.42 Å². The first-order valence-electron chi connectivity index (χ1n) is 3.88. The lowest BCUT2D eigenvalue weighted by atomic mass is 10.5. The third-order valence-corrected chi connectivity index (χ3v) is 3.43. The molecule has 0 unspecified atom stereocenters. The zero-order chi connectivity index (χ0) is 11.8. The lowest BCUT2D eigenvalue weighted by molar-refractivity contribution is -0.119. The van der Waals surface area contributed by atoms with Gasteiger partial charge in [-0.2, -0.15) is 4.31 Å². The number of carbonyl (C=O) groups excluding carboxylic acids is 2. The van der Waals surface area contributed by atoms with E-state index in [1.165, 1.54) is 6.20 Å². The van der Waals surface area contributed by atoms with Gasteiger partial charge in [-0.05, 0) is 11.8 Å². The summed E-state index contributed by atoms with van der Waals surface area (Å²) in [4.78, 5) is 24.4. The summed E-state index contributed by atoms with van der Waals surface area (Å²) in [5, 5.41) is -0.782. The molecule has 1 heterocycles. The van der Waals surface area contributed by atoms with Crippen LogP contribution in [0.15, 0.2) is 11.1 Å². The van der Waals surface area contributed by atoms with Crippen molar-refractivity contribution in [2.24, 2.45) is 0 Å². The molecule has 0 N–H and O–H groups in total. The Morgan fingerprint density at radius 1 is 1.33 bits per heavy atom. The van der Waals surface area contributed by atoms with Crippen LogP contribution in [0.3, 0.4) is 0 Å². The fraction of sp³-hybridized carbons (Fsp3) is 0.429. The Morgan fingerprint density at radius 2 is 1.87 bits per heavy atom. The summed E-state index contributed by atoms with van der Waals surface area (Å²) in [5.41, 5.74) is 0. The molecular formula is C7H10N2O4S2. The number of amides is 2. The van der Waals surface area contributed by atoms with Crippen molar-refractivity contribution in [3.05, 3.63) is 11.1 Å². The molecule has 6 nitrogen and oxygen atoms in total. The van der Waals surface area contributed by atoms with Crippen molar-refractivity contribution in [1.29, 1.82) is 0 Å². The first-order valence-corrected chi connectivity index (χ1v) is 6.54. The molecule has 0 aromatic carbocycles. The van der Waals surface area contributed by atoms with Crippen LogP contribution in [0.2, 0.25) is 0 Å². The standard InChI is InChI=1S/C7H10N2O4S2/c1-8(2)4-5-6(10)9(7(11)14-5)15(3,12)13/h4H,1-3H3/b5-4-. The number of hydrogen-bond acceptors (Lipinski definition) is 6. The molecule has 0 radical (unpaired) electrons. The van der Waals surface area contributed by atoms with Crippen LogP contribution in [0.1, 0.15) is 0 Å². The van der Waals surface area contributed by atoms with Crippen molar-refractivity contribution in [2.45, 2.75) is 0 Å². The molecule has 1 aliphatic heterocycles. The molecule has 84 valence electrons. The van der Waals surface area contributed by atoms with Crippen molar-refractivity contribution in [3.8, 4) is 0 Å². The minimum atomic E-state index is -3.82. The highest BCUT2D eigenvalue weighted by molar-refractivity contribution is 8.19. The summed E-state index contributed by atoms with van der Waals surface area (Å²) in [6.45, 7) is 0. The zero-order valence-corrected chi connectivity index (χ0v) is 10.1. The van der Waals surface area contributed by atoms with Crippen molar-refractivity contribution in [3.63, 3.8) is 0 Å². The van der Waals surface area contributed by atoms with E-state index in [2.05, 4.69) is 0 Å². The van der Waals surface area contributed by atoms with Crippen LogP contribution in [0, 0.1) is 0 Å². The van der Waals surface area contributed by atoms with Crippen molar-refractivity contribution < 1.29 is 18.0 Å². The summed E-state index contributed by atoms with van der Waals surface area (Å²) in [7, 11) is -0.466. The van der Waals surface area contributed by atoms with Gasteiger partial charge in [0.2, 0.25) is 10.0 Å². The number of sulfonamides is 1. The SMILES string of the molecule is CN(C)/C=C1\SC(=O)N(S(C)(=O)=O)C1=O. The smallest absolute Gasteiger partial charge is 0.307 e. The highest BCUT2D eigenvalue weighted by atomic mass is 32.2. The van der Waals surface area contributed by atoms with Crippen LogP contribution in [-0.2, 0) is 14.8 Å². The molecule has 1 rings (SSSR count). The molecule has 15 heavy (non-hydrogen) atoms. The lowest BCUT2D eigenvalue weighted by Crippen LogP contribution is -2.33. The zero-order valence-electron chi connectivity index (χ0n) is 8.42. The number of rotatable bonds is 2. The number of hydrogen-bond donors (Lipinski definition) is 0. The van der Waals surface area contributed by atoms with E-state index in [1.54, 1.807) is 19.0 Å². The molecular weight excluding hydrogens is 240 g/mol. The maximum absolute atomic E-state index is 11.5. The summed E-state index contributed by atoms with van der Waals surface area (Å²) in [5.74, 6) is -0.791. The summed E-state index contributed by atoms with van der Waals surface area (Å²) >= 11 is 0.615. The third kappa shape index (κ3) is 2.51. The molecule has 0 aromatic rings. The predicted molar refractivity (Wildman–Crippen MR) is 56.4 cm³/mol. The molecule has 8 heteroatoms. The van der Waals surface area contributed by atoms with E-state index < -0.39 is 21.2 Å². The second-order valence-electron chi connectivity index (χ2n) is 3.16. The van der Waals surface area contributed by atoms with Crippen molar-refractivity contribution in [2.75, 3.05) is 20.4 Å². The maximum Gasteiger partial charge on any atom is 0.307 e. The van der Waals surface area contributed by atoms with Gasteiger partial charge in [0.1, 0.15) is 0 Å². The topological polar surface area (TPSA) is 74.8 Å². The Morgan fingerprint density at radius 3 is 2.20 bits per heavy atom. The third-order valence-electron chi connectivity index (χ3n) is 1.47. The quantitative estimate of drug-likeness (QED) is 0.644. The monoisotopic (exact) mass is 250 g/mol. The molecule has 0 atom stereocenters. The van der Waals surface area contributed by atoms with Gasteiger partial charge in [-0.3, -0.25) is 9.59 Å². The van der Waals surface area contributed by atoms with Crippen LogP contribution in [0.25, 0.3) is 0 Å². The van der Waals surface area contributed by atoms with Gasteiger partial charge < -0.3 is 4.90 Å². The minimum Gasteiger partial charge on any atom is -0.382 e. The van der Waals surface area contributed by atoms with E-state index >= 15 is 0 Å². The van der Waals surface area contributed by atoms with E-state index in [0.717, 1.165) is 6.26 Å². The van der Waals surface area contributed by atoms with Gasteiger partial charge in [0.05, 0.1) is 11.2 Å². The molecule has 1 saturated heterocycles. The molecule has 0 spiro atoms. The minimum absolute atomic E-state index is 0.107. The Labute approximate surface area is 92.0 Å². The fourth-order valence-electron chi connectivity index (χ4n) is 0.964. The highest BCUT2D eigenvalue weighted by Crippen LogP contribution is 2.32. The molecule has 0 aromatic heterocycles. The fourth-order valence-corrected chi connectivity index (χ4v) is 3.01. The van der Waals surface area contributed by atoms with E-state index in [9.17, 15) is 18.0 Å². The Hall–Kier alpha value is -1.02. The first-order chi connectivity index (χ1) is 6.73. The molecule has 0 bridgehead atoms. The van der Waals surface area contributed by atoms with Gasteiger partial charge in [-0.15, -0.1) is 0 Å². The second kappa shape index (κ2) is 3.86.